The zero-order valence-electron chi connectivity index (χ0n) is 14.3. The average Bonchev–Trinajstić information content (AvgIpc) is 2.73. The lowest BCUT2D eigenvalue weighted by molar-refractivity contribution is -0.135. The van der Waals surface area contributed by atoms with Gasteiger partial charge in [0.05, 0.1) is 17.3 Å². The molecule has 6 heteroatoms. The number of piperidine rings is 1. The number of halogens is 1. The molecule has 1 aromatic heterocycles. The first-order chi connectivity index (χ1) is 11.7. The number of methoxy groups -OCH3 is 1. The van der Waals surface area contributed by atoms with Crippen LogP contribution in [-0.4, -0.2) is 60.1 Å². The van der Waals surface area contributed by atoms with E-state index in [4.69, 9.17) is 16.3 Å². The minimum Gasteiger partial charge on any atom is -0.383 e. The highest BCUT2D eigenvalue weighted by Gasteiger charge is 2.37. The molecule has 0 aromatic carbocycles. The van der Waals surface area contributed by atoms with Crippen molar-refractivity contribution >= 4 is 17.5 Å². The molecule has 0 saturated carbocycles. The minimum atomic E-state index is 0.298. The fourth-order valence-corrected chi connectivity index (χ4v) is 4.10. The quantitative estimate of drug-likeness (QED) is 0.818. The Hall–Kier alpha value is -1.17. The van der Waals surface area contributed by atoms with E-state index in [1.165, 1.54) is 0 Å². The van der Waals surface area contributed by atoms with Gasteiger partial charge in [-0.05, 0) is 37.3 Å². The van der Waals surface area contributed by atoms with Gasteiger partial charge in [0.25, 0.3) is 0 Å². The van der Waals surface area contributed by atoms with Crippen LogP contribution in [0.5, 0.6) is 0 Å². The van der Waals surface area contributed by atoms with Gasteiger partial charge in [-0.15, -0.1) is 0 Å². The number of ether oxygens (including phenoxy) is 1. The van der Waals surface area contributed by atoms with E-state index in [1.807, 2.05) is 12.1 Å². The number of amides is 1. The predicted octanol–water partition coefficient (Wildman–Crippen LogP) is 2.58. The molecule has 2 fully saturated rings. The second-order valence-corrected chi connectivity index (χ2v) is 7.23. The number of carbonyl (C=O) groups excluding carboxylic acids is 1. The van der Waals surface area contributed by atoms with E-state index in [1.54, 1.807) is 13.3 Å². The van der Waals surface area contributed by atoms with Gasteiger partial charge in [-0.2, -0.15) is 0 Å². The average molecular weight is 352 g/mol. The Bertz CT molecular complexity index is 552. The molecule has 1 aromatic rings. The zero-order chi connectivity index (χ0) is 16.9. The number of pyridine rings is 1. The molecule has 3 rings (SSSR count). The number of likely N-dealkylation sites (tertiary alicyclic amines) is 2. The van der Waals surface area contributed by atoms with Crippen molar-refractivity contribution in [1.82, 2.24) is 14.8 Å². The van der Waals surface area contributed by atoms with Crippen molar-refractivity contribution in [2.24, 2.45) is 5.92 Å². The molecule has 2 aliphatic rings. The van der Waals surface area contributed by atoms with Crippen LogP contribution in [0.15, 0.2) is 18.3 Å². The van der Waals surface area contributed by atoms with Gasteiger partial charge in [-0.25, -0.2) is 0 Å². The SMILES string of the molecule is COCCN1C(=O)CCC[C@H]2CN(Cc3ccc(Cl)cn3)CC[C@H]21. The molecule has 132 valence electrons. The minimum absolute atomic E-state index is 0.298. The van der Waals surface area contributed by atoms with Crippen LogP contribution < -0.4 is 0 Å². The molecule has 2 atom stereocenters. The third-order valence-electron chi connectivity index (χ3n) is 5.17. The molecule has 0 bridgehead atoms. The third kappa shape index (κ3) is 4.26. The van der Waals surface area contributed by atoms with Crippen molar-refractivity contribution in [3.8, 4) is 0 Å². The zero-order valence-corrected chi connectivity index (χ0v) is 15.0. The summed E-state index contributed by atoms with van der Waals surface area (Å²) in [6.45, 7) is 4.23. The molecule has 2 aliphatic heterocycles. The van der Waals surface area contributed by atoms with Crippen LogP contribution in [0.1, 0.15) is 31.4 Å². The maximum absolute atomic E-state index is 12.4. The van der Waals surface area contributed by atoms with Gasteiger partial charge >= 0.3 is 0 Å². The first-order valence-electron chi connectivity index (χ1n) is 8.78. The van der Waals surface area contributed by atoms with Gasteiger partial charge in [0, 0.05) is 51.9 Å². The molecule has 0 aliphatic carbocycles. The van der Waals surface area contributed by atoms with Crippen LogP contribution in [-0.2, 0) is 16.1 Å². The monoisotopic (exact) mass is 351 g/mol. The van der Waals surface area contributed by atoms with Crippen LogP contribution in [0.2, 0.25) is 5.02 Å². The summed E-state index contributed by atoms with van der Waals surface area (Å²) < 4.78 is 5.20. The largest absolute Gasteiger partial charge is 0.383 e. The summed E-state index contributed by atoms with van der Waals surface area (Å²) in [5.74, 6) is 0.849. The molecular formula is C18H26ClN3O2. The van der Waals surface area contributed by atoms with Crippen LogP contribution in [0.25, 0.3) is 0 Å². The smallest absolute Gasteiger partial charge is 0.222 e. The summed E-state index contributed by atoms with van der Waals surface area (Å²) in [4.78, 5) is 21.4. The number of hydrogen-bond acceptors (Lipinski definition) is 4. The van der Waals surface area contributed by atoms with E-state index >= 15 is 0 Å². The van der Waals surface area contributed by atoms with E-state index in [2.05, 4.69) is 14.8 Å². The van der Waals surface area contributed by atoms with Crippen LogP contribution in [0.4, 0.5) is 0 Å². The number of fused-ring (bicyclic) bond motifs is 1. The molecule has 0 radical (unpaired) electrons. The summed E-state index contributed by atoms with van der Waals surface area (Å²) in [5, 5.41) is 0.675. The summed E-state index contributed by atoms with van der Waals surface area (Å²) >= 11 is 5.91. The van der Waals surface area contributed by atoms with Crippen molar-refractivity contribution in [2.75, 3.05) is 33.4 Å². The van der Waals surface area contributed by atoms with Gasteiger partial charge < -0.3 is 9.64 Å². The summed E-state index contributed by atoms with van der Waals surface area (Å²) in [6.07, 6.45) is 5.55. The topological polar surface area (TPSA) is 45.7 Å². The standard InChI is InChI=1S/C18H26ClN3O2/c1-24-10-9-22-17-7-8-21(12-14(17)3-2-4-18(22)23)13-16-6-5-15(19)11-20-16/h5-6,11,14,17H,2-4,7-10,12-13H2,1H3/t14-,17+/m0/s1. The van der Waals surface area contributed by atoms with Crippen LogP contribution in [0.3, 0.4) is 0 Å². The lowest BCUT2D eigenvalue weighted by atomic mass is 9.88. The second kappa shape index (κ2) is 8.28. The summed E-state index contributed by atoms with van der Waals surface area (Å²) in [5.41, 5.74) is 1.05. The fourth-order valence-electron chi connectivity index (χ4n) is 3.99. The maximum Gasteiger partial charge on any atom is 0.222 e. The van der Waals surface area contributed by atoms with Crippen LogP contribution in [0, 0.1) is 5.92 Å². The Kier molecular flexibility index (Phi) is 6.09. The van der Waals surface area contributed by atoms with E-state index in [0.717, 1.165) is 51.1 Å². The first-order valence-corrected chi connectivity index (χ1v) is 9.16. The van der Waals surface area contributed by atoms with Gasteiger partial charge in [0.2, 0.25) is 5.91 Å². The van der Waals surface area contributed by atoms with Gasteiger partial charge in [-0.1, -0.05) is 11.6 Å². The number of hydrogen-bond donors (Lipinski definition) is 0. The molecule has 0 N–H and O–H groups in total. The molecule has 24 heavy (non-hydrogen) atoms. The Morgan fingerprint density at radius 3 is 3.00 bits per heavy atom. The number of carbonyl (C=O) groups is 1. The van der Waals surface area contributed by atoms with Crippen molar-refractivity contribution in [2.45, 2.75) is 38.3 Å². The highest BCUT2D eigenvalue weighted by molar-refractivity contribution is 6.30. The van der Waals surface area contributed by atoms with Crippen molar-refractivity contribution < 1.29 is 9.53 Å². The lowest BCUT2D eigenvalue weighted by Gasteiger charge is -2.42. The lowest BCUT2D eigenvalue weighted by Crippen LogP contribution is -2.52. The molecule has 2 saturated heterocycles. The van der Waals surface area contributed by atoms with Gasteiger partial charge in [0.15, 0.2) is 0 Å². The summed E-state index contributed by atoms with van der Waals surface area (Å²) in [6, 6.07) is 4.26. The molecule has 0 spiro atoms. The number of rotatable bonds is 5. The fraction of sp³-hybridized carbons (Fsp3) is 0.667. The Labute approximate surface area is 148 Å². The van der Waals surface area contributed by atoms with Gasteiger partial charge in [0.1, 0.15) is 0 Å². The highest BCUT2D eigenvalue weighted by atomic mass is 35.5. The Morgan fingerprint density at radius 2 is 2.25 bits per heavy atom. The molecule has 0 unspecified atom stereocenters. The maximum atomic E-state index is 12.4. The molecule has 5 nitrogen and oxygen atoms in total. The Morgan fingerprint density at radius 1 is 1.38 bits per heavy atom. The summed E-state index contributed by atoms with van der Waals surface area (Å²) in [7, 11) is 1.70. The van der Waals surface area contributed by atoms with E-state index < -0.39 is 0 Å². The van der Waals surface area contributed by atoms with Crippen molar-refractivity contribution in [3.63, 3.8) is 0 Å². The van der Waals surface area contributed by atoms with E-state index in [-0.39, 0.29) is 0 Å². The van der Waals surface area contributed by atoms with Crippen LogP contribution >= 0.6 is 11.6 Å². The predicted molar refractivity (Wildman–Crippen MR) is 93.9 cm³/mol. The van der Waals surface area contributed by atoms with Crippen molar-refractivity contribution in [3.05, 3.63) is 29.0 Å². The third-order valence-corrected chi connectivity index (χ3v) is 5.40. The second-order valence-electron chi connectivity index (χ2n) is 6.79. The molecule has 1 amide bonds. The van der Waals surface area contributed by atoms with E-state index in [0.29, 0.717) is 35.9 Å². The Balaban J connectivity index is 1.63. The van der Waals surface area contributed by atoms with E-state index in [9.17, 15) is 4.79 Å². The molecular weight excluding hydrogens is 326 g/mol. The van der Waals surface area contributed by atoms with Crippen molar-refractivity contribution in [1.29, 1.82) is 0 Å². The first kappa shape index (κ1) is 17.6. The highest BCUT2D eigenvalue weighted by Crippen LogP contribution is 2.31. The number of nitrogens with zero attached hydrogens (tertiary/aromatic N) is 3. The molecule has 3 heterocycles. The normalized spacial score (nSPS) is 25.4. The number of aromatic nitrogens is 1. The van der Waals surface area contributed by atoms with Gasteiger partial charge in [-0.3, -0.25) is 14.7 Å².